The number of aryl methyl sites for hydroxylation is 2. The number of ether oxygens (including phenoxy) is 1. The highest BCUT2D eigenvalue weighted by molar-refractivity contribution is 6.02. The number of fused-ring (bicyclic) bond motifs is 2. The molecule has 1 amide bonds. The Bertz CT molecular complexity index is 1070. The largest absolute Gasteiger partial charge is 0.497 e. The van der Waals surface area contributed by atoms with Crippen LogP contribution in [0.5, 0.6) is 5.75 Å². The van der Waals surface area contributed by atoms with Gasteiger partial charge in [0.25, 0.3) is 0 Å². The van der Waals surface area contributed by atoms with Crippen molar-refractivity contribution in [3.05, 3.63) is 83.9 Å². The van der Waals surface area contributed by atoms with Crippen LogP contribution >= 0.6 is 0 Å². The smallest absolute Gasteiger partial charge is 0.232 e. The molecule has 2 aliphatic heterocycles. The number of hydrogen-bond donors (Lipinski definition) is 0. The van der Waals surface area contributed by atoms with E-state index in [1.807, 2.05) is 29.2 Å². The second kappa shape index (κ2) is 9.67. The van der Waals surface area contributed by atoms with Crippen molar-refractivity contribution < 1.29 is 9.53 Å². The molecule has 2 aliphatic rings. The van der Waals surface area contributed by atoms with E-state index in [0.717, 1.165) is 62.7 Å². The molecule has 0 bridgehead atoms. The highest BCUT2D eigenvalue weighted by Crippen LogP contribution is 2.36. The fraction of sp³-hybridized carbons (Fsp3) is 0.321. The third-order valence-electron chi connectivity index (χ3n) is 6.81. The van der Waals surface area contributed by atoms with Crippen molar-refractivity contribution in [3.8, 4) is 5.75 Å². The van der Waals surface area contributed by atoms with Crippen LogP contribution in [0.1, 0.15) is 17.5 Å². The predicted octanol–water partition coefficient (Wildman–Crippen LogP) is 4.67. The van der Waals surface area contributed by atoms with Crippen molar-refractivity contribution in [1.82, 2.24) is 4.90 Å². The van der Waals surface area contributed by atoms with E-state index in [9.17, 15) is 4.79 Å². The number of hydrogen-bond acceptors (Lipinski definition) is 4. The summed E-state index contributed by atoms with van der Waals surface area (Å²) in [7, 11) is 1.70. The summed E-state index contributed by atoms with van der Waals surface area (Å²) < 4.78 is 5.37. The molecule has 0 aliphatic carbocycles. The van der Waals surface area contributed by atoms with Gasteiger partial charge in [0.1, 0.15) is 5.75 Å². The summed E-state index contributed by atoms with van der Waals surface area (Å²) in [4.78, 5) is 20.3. The molecule has 0 atom stereocenters. The van der Waals surface area contributed by atoms with Crippen LogP contribution in [-0.2, 0) is 17.6 Å². The molecule has 170 valence electrons. The highest BCUT2D eigenvalue weighted by atomic mass is 16.5. The van der Waals surface area contributed by atoms with E-state index in [0.29, 0.717) is 6.42 Å². The zero-order valence-electron chi connectivity index (χ0n) is 19.2. The molecule has 0 spiro atoms. The molecule has 5 heteroatoms. The number of benzene rings is 3. The van der Waals surface area contributed by atoms with Gasteiger partial charge in [0.05, 0.1) is 18.5 Å². The first-order valence-corrected chi connectivity index (χ1v) is 11.8. The third kappa shape index (κ3) is 4.60. The van der Waals surface area contributed by atoms with E-state index >= 15 is 0 Å². The lowest BCUT2D eigenvalue weighted by Gasteiger charge is -2.36. The van der Waals surface area contributed by atoms with Crippen LogP contribution in [0.4, 0.5) is 17.1 Å². The molecule has 5 nitrogen and oxygen atoms in total. The van der Waals surface area contributed by atoms with Gasteiger partial charge in [-0.05, 0) is 48.2 Å². The van der Waals surface area contributed by atoms with E-state index in [-0.39, 0.29) is 5.91 Å². The van der Waals surface area contributed by atoms with E-state index in [1.165, 1.54) is 16.8 Å². The zero-order chi connectivity index (χ0) is 22.6. The third-order valence-corrected chi connectivity index (χ3v) is 6.81. The molecule has 0 N–H and O–H groups in total. The summed E-state index contributed by atoms with van der Waals surface area (Å²) >= 11 is 0. The lowest BCUT2D eigenvalue weighted by Crippen LogP contribution is -2.47. The van der Waals surface area contributed by atoms with Gasteiger partial charge in [-0.3, -0.25) is 14.6 Å². The van der Waals surface area contributed by atoms with Crippen molar-refractivity contribution in [1.29, 1.82) is 0 Å². The summed E-state index contributed by atoms with van der Waals surface area (Å²) in [6.45, 7) is 4.61. The maximum absolute atomic E-state index is 13.6. The Morgan fingerprint density at radius 1 is 0.818 bits per heavy atom. The Morgan fingerprint density at radius 2 is 1.45 bits per heavy atom. The first-order valence-electron chi connectivity index (χ1n) is 11.8. The maximum atomic E-state index is 13.6. The van der Waals surface area contributed by atoms with Crippen LogP contribution in [0.15, 0.2) is 72.8 Å². The summed E-state index contributed by atoms with van der Waals surface area (Å²) in [5.74, 6) is 1.06. The summed E-state index contributed by atoms with van der Waals surface area (Å²) in [6, 6.07) is 24.9. The molecule has 1 saturated heterocycles. The number of amides is 1. The van der Waals surface area contributed by atoms with Gasteiger partial charge in [0.15, 0.2) is 0 Å². The molecule has 3 aromatic rings. The quantitative estimate of drug-likeness (QED) is 0.577. The Labute approximate surface area is 196 Å². The predicted molar refractivity (Wildman–Crippen MR) is 134 cm³/mol. The molecule has 0 saturated carbocycles. The maximum Gasteiger partial charge on any atom is 0.232 e. The van der Waals surface area contributed by atoms with Crippen LogP contribution in [0.3, 0.4) is 0 Å². The molecule has 0 radical (unpaired) electrons. The van der Waals surface area contributed by atoms with E-state index in [1.54, 1.807) is 7.11 Å². The second-order valence-corrected chi connectivity index (χ2v) is 8.77. The van der Waals surface area contributed by atoms with Crippen LogP contribution in [0, 0.1) is 0 Å². The van der Waals surface area contributed by atoms with Crippen molar-refractivity contribution in [2.75, 3.05) is 49.6 Å². The molecule has 0 aromatic heterocycles. The summed E-state index contributed by atoms with van der Waals surface area (Å²) in [6.07, 6.45) is 2.44. The number of piperazine rings is 1. The lowest BCUT2D eigenvalue weighted by atomic mass is 10.0. The Hall–Kier alpha value is -3.31. The number of anilines is 3. The molecule has 2 heterocycles. The minimum Gasteiger partial charge on any atom is -0.497 e. The fourth-order valence-corrected chi connectivity index (χ4v) is 4.95. The number of nitrogens with zero attached hydrogens (tertiary/aromatic N) is 3. The highest BCUT2D eigenvalue weighted by Gasteiger charge is 2.26. The number of carbonyl (C=O) groups is 1. The van der Waals surface area contributed by atoms with Gasteiger partial charge in [-0.2, -0.15) is 0 Å². The van der Waals surface area contributed by atoms with Gasteiger partial charge in [0, 0.05) is 50.9 Å². The standard InChI is InChI=1S/C28H31N3O2/c1-33-25-10-6-9-24(21-25)30-19-17-29(18-20-30)16-15-28(32)31-26-11-4-2-7-22(26)13-14-23-8-3-5-12-27(23)31/h2-12,21H,13-20H2,1H3. The number of rotatable bonds is 5. The average molecular weight is 442 g/mol. The summed E-state index contributed by atoms with van der Waals surface area (Å²) in [5, 5.41) is 0. The van der Waals surface area contributed by atoms with Crippen molar-refractivity contribution in [2.24, 2.45) is 0 Å². The first kappa shape index (κ1) is 21.5. The Morgan fingerprint density at radius 3 is 2.09 bits per heavy atom. The molecular weight excluding hydrogens is 410 g/mol. The number of methoxy groups -OCH3 is 1. The fourth-order valence-electron chi connectivity index (χ4n) is 4.95. The number of para-hydroxylation sites is 2. The normalized spacial score (nSPS) is 16.0. The van der Waals surface area contributed by atoms with Crippen molar-refractivity contribution >= 4 is 23.0 Å². The molecule has 5 rings (SSSR count). The van der Waals surface area contributed by atoms with Crippen molar-refractivity contribution in [2.45, 2.75) is 19.3 Å². The number of carbonyl (C=O) groups excluding carboxylic acids is 1. The van der Waals surface area contributed by atoms with Gasteiger partial charge in [-0.1, -0.05) is 42.5 Å². The monoisotopic (exact) mass is 441 g/mol. The summed E-state index contributed by atoms with van der Waals surface area (Å²) in [5.41, 5.74) is 5.76. The Balaban J connectivity index is 1.25. The molecule has 1 fully saturated rings. The lowest BCUT2D eigenvalue weighted by molar-refractivity contribution is -0.118. The zero-order valence-corrected chi connectivity index (χ0v) is 19.2. The van der Waals surface area contributed by atoms with Crippen LogP contribution < -0.4 is 14.5 Å². The molecular formula is C28H31N3O2. The van der Waals surface area contributed by atoms with E-state index in [2.05, 4.69) is 58.3 Å². The Kier molecular flexibility index (Phi) is 6.31. The molecule has 33 heavy (non-hydrogen) atoms. The topological polar surface area (TPSA) is 36.0 Å². The second-order valence-electron chi connectivity index (χ2n) is 8.77. The molecule has 0 unspecified atom stereocenters. The van der Waals surface area contributed by atoms with Crippen LogP contribution in [0.25, 0.3) is 0 Å². The first-order chi connectivity index (χ1) is 16.2. The van der Waals surface area contributed by atoms with Crippen molar-refractivity contribution in [3.63, 3.8) is 0 Å². The van der Waals surface area contributed by atoms with E-state index < -0.39 is 0 Å². The SMILES string of the molecule is COc1cccc(N2CCN(CCC(=O)N3c4ccccc4CCc4ccccc43)CC2)c1. The van der Waals surface area contributed by atoms with Gasteiger partial charge < -0.3 is 9.64 Å². The van der Waals surface area contributed by atoms with Crippen LogP contribution in [0.2, 0.25) is 0 Å². The van der Waals surface area contributed by atoms with E-state index in [4.69, 9.17) is 4.74 Å². The van der Waals surface area contributed by atoms with Crippen LogP contribution in [-0.4, -0.2) is 50.6 Å². The van der Waals surface area contributed by atoms with Gasteiger partial charge >= 0.3 is 0 Å². The average Bonchev–Trinajstić information content (AvgIpc) is 3.04. The minimum atomic E-state index is 0.173. The van der Waals surface area contributed by atoms with Gasteiger partial charge in [-0.25, -0.2) is 0 Å². The molecule has 3 aromatic carbocycles. The minimum absolute atomic E-state index is 0.173. The van der Waals surface area contributed by atoms with Gasteiger partial charge in [-0.15, -0.1) is 0 Å². The van der Waals surface area contributed by atoms with Gasteiger partial charge in [0.2, 0.25) is 5.91 Å².